The van der Waals surface area contributed by atoms with Crippen LogP contribution in [-0.2, 0) is 38.6 Å². The third-order valence-electron chi connectivity index (χ3n) is 7.11. The number of carboxylic acids is 3. The number of aromatic nitrogens is 2. The maximum absolute atomic E-state index is 10.3. The molecule has 1 fully saturated rings. The van der Waals surface area contributed by atoms with Gasteiger partial charge >= 0.3 is 17.9 Å². The van der Waals surface area contributed by atoms with Crippen molar-refractivity contribution in [2.24, 2.45) is 0 Å². The molecule has 3 heterocycles. The Morgan fingerprint density at radius 1 is 0.977 bits per heavy atom. The van der Waals surface area contributed by atoms with Crippen molar-refractivity contribution in [2.45, 2.75) is 57.7 Å². The zero-order valence-corrected chi connectivity index (χ0v) is 24.9. The molecule has 1 saturated heterocycles. The van der Waals surface area contributed by atoms with Crippen LogP contribution in [0.25, 0.3) is 0 Å². The number of ether oxygens (including phenoxy) is 3. The van der Waals surface area contributed by atoms with Crippen LogP contribution in [0.5, 0.6) is 11.5 Å². The summed E-state index contributed by atoms with van der Waals surface area (Å²) in [6.45, 7) is 10.3. The number of carboxylic acid groups (broad SMARTS) is 3. The number of nitrogens with zero attached hydrogens (tertiary/aromatic N) is 4. The number of anilines is 1. The lowest BCUT2D eigenvalue weighted by Crippen LogP contribution is -2.42. The van der Waals surface area contributed by atoms with Gasteiger partial charge in [-0.2, -0.15) is 0 Å². The zero-order chi connectivity index (χ0) is 31.7. The van der Waals surface area contributed by atoms with E-state index in [2.05, 4.69) is 35.8 Å². The fraction of sp³-hybridized carbons (Fsp3) is 0.552. The van der Waals surface area contributed by atoms with Crippen molar-refractivity contribution in [3.63, 3.8) is 0 Å². The van der Waals surface area contributed by atoms with E-state index in [0.29, 0.717) is 5.92 Å². The van der Waals surface area contributed by atoms with Crippen LogP contribution in [0.1, 0.15) is 55.3 Å². The van der Waals surface area contributed by atoms with E-state index in [1.165, 1.54) is 16.8 Å². The molecule has 1 aromatic carbocycles. The molecule has 0 atom stereocenters. The van der Waals surface area contributed by atoms with Gasteiger partial charge in [-0.25, -0.2) is 14.8 Å². The molecular formula is C29H40N4O10. The molecule has 1 aromatic heterocycles. The lowest BCUT2D eigenvalue weighted by atomic mass is 9.96. The molecule has 2 aromatic rings. The Bertz CT molecular complexity index is 1280. The van der Waals surface area contributed by atoms with Gasteiger partial charge in [0.1, 0.15) is 11.6 Å². The third kappa shape index (κ3) is 8.99. The molecular weight excluding hydrogens is 564 g/mol. The fourth-order valence-corrected chi connectivity index (χ4v) is 4.86. The average Bonchev–Trinajstić information content (AvgIpc) is 2.96. The first kappa shape index (κ1) is 33.5. The van der Waals surface area contributed by atoms with Gasteiger partial charge in [0.25, 0.3) is 0 Å². The standard InChI is InChI=1S/C23H32N4O3.C6H8O7/c1-16(2)22-24-19-15-26(14-17-5-6-20(28-3)21(13-17)29-4)8-7-18(19)23(25-22)27-9-11-30-12-10-27;7-3(8)1-6(13,5(11)12)2-4(9)10/h5-6,13,16H,7-12,14-15H2,1-4H3;13H,1-2H2,(H,7,8)(H,9,10)(H,11,12). The number of methoxy groups -OCH3 is 2. The molecule has 0 saturated carbocycles. The molecule has 2 aliphatic heterocycles. The predicted octanol–water partition coefficient (Wildman–Crippen LogP) is 1.76. The quantitative estimate of drug-likeness (QED) is 0.290. The minimum Gasteiger partial charge on any atom is -0.493 e. The first-order valence-corrected chi connectivity index (χ1v) is 13.9. The van der Waals surface area contributed by atoms with Crippen LogP contribution >= 0.6 is 0 Å². The minimum absolute atomic E-state index is 0.302. The molecule has 43 heavy (non-hydrogen) atoms. The Kier molecular flexibility index (Phi) is 11.6. The SMILES string of the molecule is COc1ccc(CN2CCc3c(nc(C(C)C)nc3N3CCOCC3)C2)cc1OC.O=C(O)CC(O)(CC(=O)O)C(=O)O. The predicted molar refractivity (Wildman–Crippen MR) is 154 cm³/mol. The molecule has 4 rings (SSSR count). The Balaban J connectivity index is 0.000000331. The van der Waals surface area contributed by atoms with Crippen LogP contribution < -0.4 is 14.4 Å². The topological polar surface area (TPSA) is 192 Å². The summed E-state index contributed by atoms with van der Waals surface area (Å²) in [4.78, 5) is 45.2. The summed E-state index contributed by atoms with van der Waals surface area (Å²) in [6, 6.07) is 6.14. The third-order valence-corrected chi connectivity index (χ3v) is 7.11. The molecule has 0 unspecified atom stereocenters. The molecule has 0 bridgehead atoms. The molecule has 0 radical (unpaired) electrons. The lowest BCUT2D eigenvalue weighted by molar-refractivity contribution is -0.170. The second kappa shape index (κ2) is 14.9. The van der Waals surface area contributed by atoms with Crippen molar-refractivity contribution in [2.75, 3.05) is 52.0 Å². The van der Waals surface area contributed by atoms with Gasteiger partial charge in [0.05, 0.1) is 46.0 Å². The van der Waals surface area contributed by atoms with Gasteiger partial charge in [-0.3, -0.25) is 14.5 Å². The second-order valence-electron chi connectivity index (χ2n) is 10.7. The maximum atomic E-state index is 10.3. The van der Waals surface area contributed by atoms with Crippen molar-refractivity contribution < 1.29 is 49.0 Å². The van der Waals surface area contributed by atoms with Gasteiger partial charge in [-0.05, 0) is 24.1 Å². The van der Waals surface area contributed by atoms with Crippen LogP contribution in [0.3, 0.4) is 0 Å². The highest BCUT2D eigenvalue weighted by Gasteiger charge is 2.40. The van der Waals surface area contributed by atoms with E-state index in [1.807, 2.05) is 6.07 Å². The van der Waals surface area contributed by atoms with Gasteiger partial charge in [-0.15, -0.1) is 0 Å². The number of hydrogen-bond acceptors (Lipinski definition) is 11. The first-order valence-electron chi connectivity index (χ1n) is 13.9. The van der Waals surface area contributed by atoms with E-state index in [1.54, 1.807) is 14.2 Å². The highest BCUT2D eigenvalue weighted by Crippen LogP contribution is 2.31. The Morgan fingerprint density at radius 2 is 1.60 bits per heavy atom. The molecule has 0 aliphatic carbocycles. The molecule has 236 valence electrons. The molecule has 14 heteroatoms. The number of carbonyl (C=O) groups is 3. The number of benzene rings is 1. The number of rotatable bonds is 11. The van der Waals surface area contributed by atoms with Gasteiger partial charge in [0.15, 0.2) is 17.1 Å². The van der Waals surface area contributed by atoms with Gasteiger partial charge < -0.3 is 39.5 Å². The van der Waals surface area contributed by atoms with Crippen molar-refractivity contribution >= 4 is 23.7 Å². The molecule has 4 N–H and O–H groups in total. The van der Waals surface area contributed by atoms with Crippen molar-refractivity contribution in [1.82, 2.24) is 14.9 Å². The Labute approximate surface area is 249 Å². The van der Waals surface area contributed by atoms with Crippen molar-refractivity contribution in [3.8, 4) is 11.5 Å². The monoisotopic (exact) mass is 604 g/mol. The number of fused-ring (bicyclic) bond motifs is 1. The zero-order valence-electron chi connectivity index (χ0n) is 24.9. The van der Waals surface area contributed by atoms with Crippen molar-refractivity contribution in [3.05, 3.63) is 40.8 Å². The van der Waals surface area contributed by atoms with E-state index in [4.69, 9.17) is 44.6 Å². The van der Waals surface area contributed by atoms with E-state index < -0.39 is 36.4 Å². The highest BCUT2D eigenvalue weighted by molar-refractivity contribution is 5.88. The number of morpholine rings is 1. The molecule has 14 nitrogen and oxygen atoms in total. The molecule has 0 spiro atoms. The van der Waals surface area contributed by atoms with Gasteiger partial charge in [-0.1, -0.05) is 19.9 Å². The summed E-state index contributed by atoms with van der Waals surface area (Å²) in [5, 5.41) is 33.8. The Hall–Kier alpha value is -4.01. The van der Waals surface area contributed by atoms with E-state index in [9.17, 15) is 14.4 Å². The average molecular weight is 605 g/mol. The van der Waals surface area contributed by atoms with Crippen LogP contribution in [0.4, 0.5) is 5.82 Å². The Morgan fingerprint density at radius 3 is 2.14 bits per heavy atom. The summed E-state index contributed by atoms with van der Waals surface area (Å²) < 4.78 is 16.4. The second-order valence-corrected chi connectivity index (χ2v) is 10.7. The summed E-state index contributed by atoms with van der Waals surface area (Å²) in [7, 11) is 3.34. The normalized spacial score (nSPS) is 15.3. The smallest absolute Gasteiger partial charge is 0.336 e. The maximum Gasteiger partial charge on any atom is 0.336 e. The van der Waals surface area contributed by atoms with Gasteiger partial charge in [0.2, 0.25) is 0 Å². The van der Waals surface area contributed by atoms with Crippen molar-refractivity contribution in [1.29, 1.82) is 0 Å². The minimum atomic E-state index is -2.74. The first-order chi connectivity index (χ1) is 20.4. The number of aliphatic carboxylic acids is 3. The largest absolute Gasteiger partial charge is 0.493 e. The number of hydrogen-bond donors (Lipinski definition) is 4. The highest BCUT2D eigenvalue weighted by atomic mass is 16.5. The summed E-state index contributed by atoms with van der Waals surface area (Å²) in [5.41, 5.74) is 0.951. The number of aliphatic hydroxyl groups is 1. The summed E-state index contributed by atoms with van der Waals surface area (Å²) in [5.74, 6) is -1.13. The van der Waals surface area contributed by atoms with E-state index in [0.717, 1.165) is 75.5 Å². The van der Waals surface area contributed by atoms with Crippen LogP contribution in [0.15, 0.2) is 18.2 Å². The molecule has 2 aliphatic rings. The fourth-order valence-electron chi connectivity index (χ4n) is 4.86. The summed E-state index contributed by atoms with van der Waals surface area (Å²) in [6.07, 6.45) is -1.32. The van der Waals surface area contributed by atoms with E-state index >= 15 is 0 Å². The summed E-state index contributed by atoms with van der Waals surface area (Å²) >= 11 is 0. The van der Waals surface area contributed by atoms with Crippen LogP contribution in [0.2, 0.25) is 0 Å². The van der Waals surface area contributed by atoms with Crippen LogP contribution in [0, 0.1) is 0 Å². The van der Waals surface area contributed by atoms with E-state index in [-0.39, 0.29) is 0 Å². The van der Waals surface area contributed by atoms with Crippen LogP contribution in [-0.4, -0.2) is 106 Å². The lowest BCUT2D eigenvalue weighted by Gasteiger charge is -2.34. The molecule has 0 amide bonds. The van der Waals surface area contributed by atoms with Gasteiger partial charge in [0, 0.05) is 44.2 Å².